The number of rotatable bonds is 11. The van der Waals surface area contributed by atoms with E-state index in [9.17, 15) is 9.59 Å². The molecule has 1 atom stereocenters. The molecule has 1 heterocycles. The van der Waals surface area contributed by atoms with Gasteiger partial charge in [-0.25, -0.2) is 0 Å². The Balaban J connectivity index is 1.66. The first-order chi connectivity index (χ1) is 18.4. The molecular weight excluding hydrogens is 488 g/mol. The Hall–Kier alpha value is -4.40. The predicted molar refractivity (Wildman–Crippen MR) is 143 cm³/mol. The Morgan fingerprint density at radius 1 is 0.895 bits per heavy atom. The van der Waals surface area contributed by atoms with E-state index in [1.165, 1.54) is 21.3 Å². The maximum Gasteiger partial charge on any atom is 0.255 e. The Morgan fingerprint density at radius 2 is 1.58 bits per heavy atom. The number of carbonyl (C=O) groups is 2. The smallest absolute Gasteiger partial charge is 0.255 e. The maximum atomic E-state index is 13.4. The fraction of sp³-hybridized carbons (Fsp3) is 0.310. The number of nitrogens with one attached hydrogen (secondary N) is 1. The summed E-state index contributed by atoms with van der Waals surface area (Å²) in [7, 11) is 6.09. The van der Waals surface area contributed by atoms with E-state index in [-0.39, 0.29) is 18.2 Å². The van der Waals surface area contributed by atoms with E-state index in [1.54, 1.807) is 30.2 Å². The molecule has 1 N–H and O–H groups in total. The topological polar surface area (TPSA) is 95.6 Å². The van der Waals surface area contributed by atoms with Gasteiger partial charge >= 0.3 is 0 Å². The number of hydrogen-bond donors (Lipinski definition) is 1. The molecule has 0 aromatic heterocycles. The van der Waals surface area contributed by atoms with Crippen LogP contribution in [0.25, 0.3) is 0 Å². The second-order valence-electron chi connectivity index (χ2n) is 8.62. The number of nitrogens with zero attached hydrogens (tertiary/aromatic N) is 1. The van der Waals surface area contributed by atoms with Crippen molar-refractivity contribution in [1.82, 2.24) is 4.90 Å². The van der Waals surface area contributed by atoms with Crippen molar-refractivity contribution in [2.24, 2.45) is 0 Å². The largest absolute Gasteiger partial charge is 0.493 e. The van der Waals surface area contributed by atoms with Crippen molar-refractivity contribution in [3.63, 3.8) is 0 Å². The van der Waals surface area contributed by atoms with Crippen molar-refractivity contribution < 1.29 is 33.3 Å². The van der Waals surface area contributed by atoms with Crippen molar-refractivity contribution in [2.75, 3.05) is 40.4 Å². The van der Waals surface area contributed by atoms with Crippen LogP contribution in [0.3, 0.4) is 0 Å². The molecule has 0 unspecified atom stereocenters. The Kier molecular flexibility index (Phi) is 8.25. The van der Waals surface area contributed by atoms with Gasteiger partial charge in [-0.05, 0) is 36.2 Å². The van der Waals surface area contributed by atoms with E-state index in [0.717, 1.165) is 11.1 Å². The molecule has 0 aliphatic carbocycles. The number of ether oxygens (including phenoxy) is 5. The van der Waals surface area contributed by atoms with Crippen molar-refractivity contribution in [2.45, 2.75) is 25.9 Å². The lowest BCUT2D eigenvalue weighted by Crippen LogP contribution is -2.32. The molecule has 0 spiro atoms. The lowest BCUT2D eigenvalue weighted by atomic mass is 10.0. The highest BCUT2D eigenvalue weighted by Crippen LogP contribution is 2.41. The minimum absolute atomic E-state index is 0.00746. The van der Waals surface area contributed by atoms with Crippen LogP contribution in [0, 0.1) is 0 Å². The lowest BCUT2D eigenvalue weighted by Gasteiger charge is -2.28. The minimum Gasteiger partial charge on any atom is -0.493 e. The number of fused-ring (bicyclic) bond motifs is 1. The van der Waals surface area contributed by atoms with Crippen LogP contribution in [0.15, 0.2) is 54.6 Å². The predicted octanol–water partition coefficient (Wildman–Crippen LogP) is 4.85. The van der Waals surface area contributed by atoms with Crippen LogP contribution >= 0.6 is 0 Å². The third-order valence-corrected chi connectivity index (χ3v) is 6.43. The summed E-state index contributed by atoms with van der Waals surface area (Å²) in [5.41, 5.74) is 2.79. The number of carbonyl (C=O) groups excluding carboxylic acids is 2. The molecule has 3 aromatic rings. The van der Waals surface area contributed by atoms with Crippen molar-refractivity contribution >= 4 is 17.5 Å². The molecule has 1 aliphatic rings. The van der Waals surface area contributed by atoms with Gasteiger partial charge in [0.05, 0.1) is 47.5 Å². The molecule has 9 nitrogen and oxygen atoms in total. The number of amides is 2. The number of hydrogen-bond acceptors (Lipinski definition) is 7. The zero-order valence-electron chi connectivity index (χ0n) is 22.2. The number of anilines is 1. The van der Waals surface area contributed by atoms with Gasteiger partial charge in [0.15, 0.2) is 23.0 Å². The van der Waals surface area contributed by atoms with Crippen molar-refractivity contribution in [3.8, 4) is 28.7 Å². The van der Waals surface area contributed by atoms with Crippen LogP contribution in [-0.2, 0) is 11.3 Å². The molecule has 3 aromatic carbocycles. The van der Waals surface area contributed by atoms with Gasteiger partial charge in [0.2, 0.25) is 11.7 Å². The third-order valence-electron chi connectivity index (χ3n) is 6.43. The Labute approximate surface area is 222 Å². The minimum atomic E-state index is -0.554. The standard InChI is InChI=1S/C29H32N2O7/c1-6-38-23-12-11-18(13-24(23)34-2)22(31-17-19-9-7-8-10-21(19)29(31)33)16-27(32)30-20-14-25(35-3)28(37-5)26(15-20)36-4/h7-15,22H,6,16-17H2,1-5H3,(H,30,32)/t22-/m0/s1. The molecule has 1 aliphatic heterocycles. The molecule has 0 fully saturated rings. The molecule has 0 radical (unpaired) electrons. The zero-order chi connectivity index (χ0) is 27.2. The van der Waals surface area contributed by atoms with Gasteiger partial charge in [-0.15, -0.1) is 0 Å². The summed E-state index contributed by atoms with van der Waals surface area (Å²) in [5, 5.41) is 2.91. The molecule has 200 valence electrons. The van der Waals surface area contributed by atoms with Gasteiger partial charge < -0.3 is 33.9 Å². The average molecular weight is 521 g/mol. The van der Waals surface area contributed by atoms with Crippen LogP contribution in [0.2, 0.25) is 0 Å². The number of methoxy groups -OCH3 is 4. The van der Waals surface area contributed by atoms with Gasteiger partial charge in [-0.2, -0.15) is 0 Å². The molecule has 38 heavy (non-hydrogen) atoms. The van der Waals surface area contributed by atoms with E-state index in [4.69, 9.17) is 23.7 Å². The molecule has 0 saturated heterocycles. The molecule has 0 saturated carbocycles. The van der Waals surface area contributed by atoms with E-state index in [0.29, 0.717) is 53.2 Å². The summed E-state index contributed by atoms with van der Waals surface area (Å²) in [6, 6.07) is 15.7. The Morgan fingerprint density at radius 3 is 2.18 bits per heavy atom. The van der Waals surface area contributed by atoms with Gasteiger partial charge in [-0.3, -0.25) is 9.59 Å². The van der Waals surface area contributed by atoms with Crippen LogP contribution < -0.4 is 29.0 Å². The first-order valence-corrected chi connectivity index (χ1v) is 12.2. The molecular formula is C29H32N2O7. The van der Waals surface area contributed by atoms with Gasteiger partial charge in [0.25, 0.3) is 5.91 Å². The second-order valence-corrected chi connectivity index (χ2v) is 8.62. The highest BCUT2D eigenvalue weighted by Gasteiger charge is 2.35. The van der Waals surface area contributed by atoms with E-state index in [1.807, 2.05) is 43.3 Å². The van der Waals surface area contributed by atoms with Crippen LogP contribution in [0.5, 0.6) is 28.7 Å². The third kappa shape index (κ3) is 5.32. The summed E-state index contributed by atoms with van der Waals surface area (Å²) in [6.45, 7) is 2.77. The first kappa shape index (κ1) is 26.7. The van der Waals surface area contributed by atoms with Crippen molar-refractivity contribution in [3.05, 3.63) is 71.3 Å². The van der Waals surface area contributed by atoms with Crippen LogP contribution in [-0.4, -0.2) is 51.8 Å². The fourth-order valence-electron chi connectivity index (χ4n) is 4.64. The molecule has 0 bridgehead atoms. The number of benzene rings is 3. The maximum absolute atomic E-state index is 13.4. The summed E-state index contributed by atoms with van der Waals surface area (Å²) >= 11 is 0. The molecule has 4 rings (SSSR count). The van der Waals surface area contributed by atoms with Gasteiger partial charge in [0, 0.05) is 29.9 Å². The fourth-order valence-corrected chi connectivity index (χ4v) is 4.64. The average Bonchev–Trinajstić information content (AvgIpc) is 3.27. The SMILES string of the molecule is CCOc1ccc([C@H](CC(=O)Nc2cc(OC)c(OC)c(OC)c2)N2Cc3ccccc3C2=O)cc1OC. The van der Waals surface area contributed by atoms with E-state index in [2.05, 4.69) is 5.32 Å². The first-order valence-electron chi connectivity index (χ1n) is 12.2. The highest BCUT2D eigenvalue weighted by atomic mass is 16.5. The second kappa shape index (κ2) is 11.8. The lowest BCUT2D eigenvalue weighted by molar-refractivity contribution is -0.117. The van der Waals surface area contributed by atoms with E-state index >= 15 is 0 Å². The van der Waals surface area contributed by atoms with Gasteiger partial charge in [0.1, 0.15) is 0 Å². The summed E-state index contributed by atoms with van der Waals surface area (Å²) in [5.74, 6) is 1.96. The summed E-state index contributed by atoms with van der Waals surface area (Å²) in [4.78, 5) is 28.5. The summed E-state index contributed by atoms with van der Waals surface area (Å²) < 4.78 is 27.4. The zero-order valence-corrected chi connectivity index (χ0v) is 22.2. The quantitative estimate of drug-likeness (QED) is 0.386. The molecule has 2 amide bonds. The van der Waals surface area contributed by atoms with Crippen LogP contribution in [0.1, 0.15) is 40.9 Å². The highest BCUT2D eigenvalue weighted by molar-refractivity contribution is 5.99. The summed E-state index contributed by atoms with van der Waals surface area (Å²) in [6.07, 6.45) is 0.00746. The Bertz CT molecular complexity index is 1300. The molecule has 9 heteroatoms. The van der Waals surface area contributed by atoms with E-state index < -0.39 is 6.04 Å². The van der Waals surface area contributed by atoms with Crippen molar-refractivity contribution in [1.29, 1.82) is 0 Å². The normalized spacial score (nSPS) is 13.0. The monoisotopic (exact) mass is 520 g/mol. The van der Waals surface area contributed by atoms with Crippen LogP contribution in [0.4, 0.5) is 5.69 Å². The van der Waals surface area contributed by atoms with Gasteiger partial charge in [-0.1, -0.05) is 24.3 Å².